The molecule has 2 aromatic rings. The normalized spacial score (nSPS) is 23.1. The molecule has 3 rings (SSSR count). The lowest BCUT2D eigenvalue weighted by molar-refractivity contribution is 0.149. The van der Waals surface area contributed by atoms with Crippen LogP contribution in [0.4, 0.5) is 5.82 Å². The van der Waals surface area contributed by atoms with Crippen LogP contribution in [0.25, 0.3) is 11.0 Å². The molecule has 0 spiro atoms. The lowest BCUT2D eigenvalue weighted by atomic mass is 10.1. The number of nitrogen functional groups attached to an aromatic ring is 1. The number of hydrogen-bond acceptors (Lipinski definition) is 7. The average molecular weight is 308 g/mol. The second kappa shape index (κ2) is 6.17. The molecular weight excluding hydrogens is 288 g/mol. The van der Waals surface area contributed by atoms with Gasteiger partial charge in [-0.05, 0) is 11.5 Å². The fourth-order valence-corrected chi connectivity index (χ4v) is 3.60. The van der Waals surface area contributed by atoms with Crippen molar-refractivity contribution >= 4 is 28.6 Å². The molecule has 114 valence electrons. The maximum absolute atomic E-state index is 10.1. The van der Waals surface area contributed by atoms with Crippen LogP contribution in [0.3, 0.4) is 0 Å². The smallest absolute Gasteiger partial charge is 0.155 e. The zero-order valence-corrected chi connectivity index (χ0v) is 12.8. The third-order valence-electron chi connectivity index (χ3n) is 3.84. The first kappa shape index (κ1) is 14.6. The highest BCUT2D eigenvalue weighted by Crippen LogP contribution is 2.24. The molecule has 7 nitrogen and oxygen atoms in total. The Labute approximate surface area is 127 Å². The highest BCUT2D eigenvalue weighted by molar-refractivity contribution is 7.99. The lowest BCUT2D eigenvalue weighted by Crippen LogP contribution is -2.21. The van der Waals surface area contributed by atoms with Gasteiger partial charge in [-0.1, -0.05) is 6.92 Å². The number of aromatic nitrogens is 4. The predicted molar refractivity (Wildman–Crippen MR) is 83.9 cm³/mol. The van der Waals surface area contributed by atoms with Gasteiger partial charge >= 0.3 is 0 Å². The van der Waals surface area contributed by atoms with E-state index >= 15 is 0 Å². The minimum absolute atomic E-state index is 0.252. The van der Waals surface area contributed by atoms with E-state index in [-0.39, 0.29) is 6.10 Å². The largest absolute Gasteiger partial charge is 0.391 e. The first-order chi connectivity index (χ1) is 10.2. The van der Waals surface area contributed by atoms with Gasteiger partial charge in [0.05, 0.1) is 11.8 Å². The van der Waals surface area contributed by atoms with Crippen LogP contribution in [0.15, 0.2) is 6.33 Å². The molecule has 8 heteroatoms. The maximum Gasteiger partial charge on any atom is 0.155 e. The number of nitrogens with two attached hydrogens (primary N) is 1. The summed E-state index contributed by atoms with van der Waals surface area (Å²) in [5.41, 5.74) is 8.10. The summed E-state index contributed by atoms with van der Waals surface area (Å²) in [6, 6.07) is 0. The summed E-state index contributed by atoms with van der Waals surface area (Å²) in [4.78, 5) is 10.4. The van der Waals surface area contributed by atoms with Crippen molar-refractivity contribution in [3.05, 3.63) is 12.0 Å². The number of likely N-dealkylation sites (tertiary alicyclic amines) is 1. The summed E-state index contributed by atoms with van der Waals surface area (Å²) in [6.07, 6.45) is 1.20. The number of β-amino-alcohol motifs (C(OH)–C–C–N with tert-alkyl or cyclic N) is 1. The van der Waals surface area contributed by atoms with Crippen molar-refractivity contribution in [3.63, 3.8) is 0 Å². The Morgan fingerprint density at radius 3 is 3.10 bits per heavy atom. The highest BCUT2D eigenvalue weighted by Gasteiger charge is 2.31. The van der Waals surface area contributed by atoms with E-state index in [1.807, 2.05) is 11.8 Å². The van der Waals surface area contributed by atoms with Gasteiger partial charge in [-0.3, -0.25) is 10.00 Å². The van der Waals surface area contributed by atoms with Gasteiger partial charge in [0.25, 0.3) is 0 Å². The number of nitrogens with zero attached hydrogens (tertiary/aromatic N) is 4. The van der Waals surface area contributed by atoms with Gasteiger partial charge in [-0.25, -0.2) is 9.97 Å². The number of aromatic amines is 1. The monoisotopic (exact) mass is 308 g/mol. The van der Waals surface area contributed by atoms with Crippen molar-refractivity contribution in [2.24, 2.45) is 5.92 Å². The molecule has 2 atom stereocenters. The molecule has 2 aromatic heterocycles. The van der Waals surface area contributed by atoms with Crippen LogP contribution < -0.4 is 5.73 Å². The van der Waals surface area contributed by atoms with Crippen molar-refractivity contribution in [1.29, 1.82) is 0 Å². The van der Waals surface area contributed by atoms with E-state index in [0.717, 1.165) is 29.3 Å². The minimum Gasteiger partial charge on any atom is -0.391 e. The Morgan fingerprint density at radius 2 is 2.29 bits per heavy atom. The van der Waals surface area contributed by atoms with E-state index in [1.54, 1.807) is 0 Å². The Balaban J connectivity index is 1.70. The summed E-state index contributed by atoms with van der Waals surface area (Å²) in [5, 5.41) is 17.3. The van der Waals surface area contributed by atoms with Gasteiger partial charge < -0.3 is 10.8 Å². The van der Waals surface area contributed by atoms with E-state index in [4.69, 9.17) is 5.73 Å². The molecule has 3 heterocycles. The zero-order chi connectivity index (χ0) is 14.8. The van der Waals surface area contributed by atoms with Crippen molar-refractivity contribution in [2.75, 3.05) is 30.3 Å². The van der Waals surface area contributed by atoms with Crippen LogP contribution in [-0.2, 0) is 6.54 Å². The number of thioether (sulfide) groups is 1. The SMILES string of the molecule is CCSC[C@@H]1CN(Cc2[nH]nc3c(N)ncnc23)C[C@H]1O. The molecular formula is C13H20N6OS. The molecule has 0 amide bonds. The molecule has 1 fully saturated rings. The van der Waals surface area contributed by atoms with Gasteiger partial charge in [0, 0.05) is 25.6 Å². The van der Waals surface area contributed by atoms with Crippen LogP contribution >= 0.6 is 11.8 Å². The fourth-order valence-electron chi connectivity index (χ4n) is 2.74. The van der Waals surface area contributed by atoms with Crippen LogP contribution in [0.2, 0.25) is 0 Å². The highest BCUT2D eigenvalue weighted by atomic mass is 32.2. The van der Waals surface area contributed by atoms with Crippen LogP contribution in [0, 0.1) is 5.92 Å². The number of rotatable bonds is 5. The fraction of sp³-hybridized carbons (Fsp3) is 0.615. The van der Waals surface area contributed by atoms with Crippen LogP contribution in [0.1, 0.15) is 12.6 Å². The third-order valence-corrected chi connectivity index (χ3v) is 4.91. The van der Waals surface area contributed by atoms with Crippen molar-refractivity contribution in [1.82, 2.24) is 25.1 Å². The Kier molecular flexibility index (Phi) is 4.27. The van der Waals surface area contributed by atoms with Crippen LogP contribution in [-0.4, -0.2) is 60.9 Å². The molecule has 0 aliphatic carbocycles. The molecule has 1 aliphatic heterocycles. The number of fused-ring (bicyclic) bond motifs is 1. The van der Waals surface area contributed by atoms with Gasteiger partial charge in [0.2, 0.25) is 0 Å². The number of anilines is 1. The number of aliphatic hydroxyl groups is 1. The Bertz CT molecular complexity index is 618. The lowest BCUT2D eigenvalue weighted by Gasteiger charge is -2.14. The standard InChI is InChI=1S/C13H20N6OS/c1-2-21-6-8-3-19(5-10(8)20)4-9-11-12(18-17-9)13(14)16-7-15-11/h7-8,10,20H,2-6H2,1H3,(H,17,18)(H2,14,15,16)/t8-,10+/m0/s1. The predicted octanol–water partition coefficient (Wildman–Crippen LogP) is 0.481. The molecule has 1 saturated heterocycles. The number of H-pyrrole nitrogens is 1. The van der Waals surface area contributed by atoms with E-state index < -0.39 is 0 Å². The molecule has 0 saturated carbocycles. The van der Waals surface area contributed by atoms with Crippen molar-refractivity contribution < 1.29 is 5.11 Å². The molecule has 0 unspecified atom stereocenters. The second-order valence-electron chi connectivity index (χ2n) is 5.34. The summed E-state index contributed by atoms with van der Waals surface area (Å²) >= 11 is 1.88. The molecule has 0 aromatic carbocycles. The van der Waals surface area contributed by atoms with Gasteiger partial charge in [0.1, 0.15) is 11.8 Å². The van der Waals surface area contributed by atoms with E-state index in [1.165, 1.54) is 6.33 Å². The molecule has 1 aliphatic rings. The van der Waals surface area contributed by atoms with E-state index in [2.05, 4.69) is 32.0 Å². The van der Waals surface area contributed by atoms with Gasteiger partial charge in [-0.15, -0.1) is 0 Å². The Hall–Kier alpha value is -1.38. The summed E-state index contributed by atoms with van der Waals surface area (Å²) < 4.78 is 0. The minimum atomic E-state index is -0.252. The molecule has 4 N–H and O–H groups in total. The first-order valence-corrected chi connectivity index (χ1v) is 8.26. The van der Waals surface area contributed by atoms with E-state index in [0.29, 0.717) is 30.3 Å². The zero-order valence-electron chi connectivity index (χ0n) is 12.0. The number of hydrogen-bond donors (Lipinski definition) is 3. The summed E-state index contributed by atoms with van der Waals surface area (Å²) in [7, 11) is 0. The molecule has 0 bridgehead atoms. The molecule has 0 radical (unpaired) electrons. The summed E-state index contributed by atoms with van der Waals surface area (Å²) in [6.45, 7) is 4.42. The van der Waals surface area contributed by atoms with Crippen molar-refractivity contribution in [3.8, 4) is 0 Å². The average Bonchev–Trinajstić information content (AvgIpc) is 3.02. The quantitative estimate of drug-likeness (QED) is 0.738. The van der Waals surface area contributed by atoms with E-state index in [9.17, 15) is 5.11 Å². The number of nitrogens with one attached hydrogen (secondary N) is 1. The first-order valence-electron chi connectivity index (χ1n) is 7.10. The summed E-state index contributed by atoms with van der Waals surface area (Å²) in [5.74, 6) is 2.82. The van der Waals surface area contributed by atoms with Crippen molar-refractivity contribution in [2.45, 2.75) is 19.6 Å². The number of aliphatic hydroxyl groups excluding tert-OH is 1. The maximum atomic E-state index is 10.1. The second-order valence-corrected chi connectivity index (χ2v) is 6.66. The van der Waals surface area contributed by atoms with Crippen LogP contribution in [0.5, 0.6) is 0 Å². The Morgan fingerprint density at radius 1 is 1.43 bits per heavy atom. The molecule has 21 heavy (non-hydrogen) atoms. The third kappa shape index (κ3) is 2.97. The van der Waals surface area contributed by atoms with Gasteiger partial charge in [-0.2, -0.15) is 16.9 Å². The van der Waals surface area contributed by atoms with Gasteiger partial charge in [0.15, 0.2) is 11.3 Å². The topological polar surface area (TPSA) is 104 Å².